The van der Waals surface area contributed by atoms with E-state index in [1.54, 1.807) is 5.57 Å². The van der Waals surface area contributed by atoms with Gasteiger partial charge in [-0.05, 0) is 37.1 Å². The van der Waals surface area contributed by atoms with Crippen molar-refractivity contribution in [3.05, 3.63) is 36.0 Å². The van der Waals surface area contributed by atoms with Gasteiger partial charge in [-0.2, -0.15) is 0 Å². The standard InChI is InChI=1S/C13H17N/c1-2-4-12-10(3-1)5-6-11-9-14-8-7-13(11)12/h1-4,6,10,12-14H,5,7-9H2/t10?,12-,13-/m1/s1. The van der Waals surface area contributed by atoms with Crippen molar-refractivity contribution in [3.8, 4) is 0 Å². The minimum Gasteiger partial charge on any atom is -0.313 e. The van der Waals surface area contributed by atoms with Gasteiger partial charge in [0.05, 0.1) is 0 Å². The number of rotatable bonds is 0. The molecule has 0 bridgehead atoms. The maximum Gasteiger partial charge on any atom is 0.0167 e. The highest BCUT2D eigenvalue weighted by molar-refractivity contribution is 5.26. The maximum absolute atomic E-state index is 3.47. The Hall–Kier alpha value is -0.820. The van der Waals surface area contributed by atoms with Crippen molar-refractivity contribution >= 4 is 0 Å². The van der Waals surface area contributed by atoms with Gasteiger partial charge in [0.15, 0.2) is 0 Å². The maximum atomic E-state index is 3.47. The van der Waals surface area contributed by atoms with Gasteiger partial charge in [0.2, 0.25) is 0 Å². The van der Waals surface area contributed by atoms with E-state index in [0.29, 0.717) is 0 Å². The summed E-state index contributed by atoms with van der Waals surface area (Å²) in [6.07, 6.45) is 14.3. The number of nitrogens with one attached hydrogen (secondary N) is 1. The molecule has 1 N–H and O–H groups in total. The van der Waals surface area contributed by atoms with Gasteiger partial charge in [-0.3, -0.25) is 0 Å². The lowest BCUT2D eigenvalue weighted by atomic mass is 9.68. The van der Waals surface area contributed by atoms with E-state index in [-0.39, 0.29) is 0 Å². The van der Waals surface area contributed by atoms with E-state index in [4.69, 9.17) is 0 Å². The first-order chi connectivity index (χ1) is 6.95. The molecule has 2 aliphatic carbocycles. The molecule has 1 aliphatic heterocycles. The molecule has 0 aromatic heterocycles. The Morgan fingerprint density at radius 1 is 1.21 bits per heavy atom. The molecule has 3 aliphatic rings. The predicted octanol–water partition coefficient (Wildman–Crippen LogP) is 2.28. The SMILES string of the molecule is C1=CC2CC=C3CNCC[C@H]3[C@@H]2C=C1. The van der Waals surface area contributed by atoms with Crippen LogP contribution in [0.2, 0.25) is 0 Å². The largest absolute Gasteiger partial charge is 0.313 e. The van der Waals surface area contributed by atoms with Crippen LogP contribution in [-0.2, 0) is 0 Å². The second kappa shape index (κ2) is 3.39. The highest BCUT2D eigenvalue weighted by Gasteiger charge is 2.33. The quantitative estimate of drug-likeness (QED) is 0.574. The van der Waals surface area contributed by atoms with Crippen LogP contribution in [0.3, 0.4) is 0 Å². The molecule has 1 unspecified atom stereocenters. The molecule has 1 heteroatoms. The Morgan fingerprint density at radius 2 is 2.14 bits per heavy atom. The summed E-state index contributed by atoms with van der Waals surface area (Å²) in [6.45, 7) is 2.33. The molecule has 1 saturated heterocycles. The number of allylic oxidation sites excluding steroid dienone is 5. The molecule has 3 rings (SSSR count). The molecule has 14 heavy (non-hydrogen) atoms. The van der Waals surface area contributed by atoms with Gasteiger partial charge in [-0.1, -0.05) is 36.0 Å². The number of piperidine rings is 1. The van der Waals surface area contributed by atoms with Crippen molar-refractivity contribution in [1.29, 1.82) is 0 Å². The van der Waals surface area contributed by atoms with Crippen LogP contribution in [0.25, 0.3) is 0 Å². The lowest BCUT2D eigenvalue weighted by Gasteiger charge is -2.39. The van der Waals surface area contributed by atoms with E-state index < -0.39 is 0 Å². The van der Waals surface area contributed by atoms with Crippen molar-refractivity contribution < 1.29 is 0 Å². The predicted molar refractivity (Wildman–Crippen MR) is 58.9 cm³/mol. The van der Waals surface area contributed by atoms with E-state index >= 15 is 0 Å². The number of hydrogen-bond acceptors (Lipinski definition) is 1. The Labute approximate surface area is 85.6 Å². The lowest BCUT2D eigenvalue weighted by Crippen LogP contribution is -2.38. The summed E-state index contributed by atoms with van der Waals surface area (Å²) < 4.78 is 0. The van der Waals surface area contributed by atoms with Gasteiger partial charge in [-0.25, -0.2) is 0 Å². The summed E-state index contributed by atoms with van der Waals surface area (Å²) in [5, 5.41) is 3.47. The van der Waals surface area contributed by atoms with Crippen molar-refractivity contribution in [3.63, 3.8) is 0 Å². The van der Waals surface area contributed by atoms with Crippen LogP contribution < -0.4 is 5.32 Å². The Balaban J connectivity index is 1.91. The average molecular weight is 187 g/mol. The topological polar surface area (TPSA) is 12.0 Å². The highest BCUT2D eigenvalue weighted by Crippen LogP contribution is 2.40. The molecule has 0 radical (unpaired) electrons. The molecule has 1 nitrogen and oxygen atoms in total. The molecule has 1 fully saturated rings. The molecule has 3 atom stereocenters. The minimum absolute atomic E-state index is 0.784. The van der Waals surface area contributed by atoms with E-state index in [0.717, 1.165) is 24.3 Å². The number of fused-ring (bicyclic) bond motifs is 3. The van der Waals surface area contributed by atoms with Crippen LogP contribution in [0.5, 0.6) is 0 Å². The molecule has 0 spiro atoms. The third-order valence-electron chi connectivity index (χ3n) is 3.85. The van der Waals surface area contributed by atoms with E-state index in [2.05, 4.69) is 35.7 Å². The minimum atomic E-state index is 0.784. The monoisotopic (exact) mass is 187 g/mol. The van der Waals surface area contributed by atoms with Gasteiger partial charge in [-0.15, -0.1) is 0 Å². The van der Waals surface area contributed by atoms with Crippen LogP contribution in [0.15, 0.2) is 36.0 Å². The first-order valence-corrected chi connectivity index (χ1v) is 5.70. The second-order valence-electron chi connectivity index (χ2n) is 4.60. The van der Waals surface area contributed by atoms with Crippen LogP contribution in [-0.4, -0.2) is 13.1 Å². The zero-order chi connectivity index (χ0) is 9.38. The molecule has 1 heterocycles. The fourth-order valence-corrected chi connectivity index (χ4v) is 3.10. The van der Waals surface area contributed by atoms with Crippen LogP contribution in [0.1, 0.15) is 12.8 Å². The molecule has 0 aromatic carbocycles. The molecule has 0 amide bonds. The summed E-state index contributed by atoms with van der Waals surface area (Å²) in [6, 6.07) is 0. The van der Waals surface area contributed by atoms with Crippen LogP contribution >= 0.6 is 0 Å². The van der Waals surface area contributed by atoms with Gasteiger partial charge in [0, 0.05) is 6.54 Å². The Morgan fingerprint density at radius 3 is 3.14 bits per heavy atom. The van der Waals surface area contributed by atoms with Crippen LogP contribution in [0, 0.1) is 17.8 Å². The average Bonchev–Trinajstić information content (AvgIpc) is 2.29. The van der Waals surface area contributed by atoms with Crippen molar-refractivity contribution in [2.75, 3.05) is 13.1 Å². The molecular weight excluding hydrogens is 170 g/mol. The summed E-state index contributed by atoms with van der Waals surface area (Å²) in [7, 11) is 0. The first kappa shape index (κ1) is 8.49. The van der Waals surface area contributed by atoms with Gasteiger partial charge < -0.3 is 5.32 Å². The first-order valence-electron chi connectivity index (χ1n) is 5.70. The Kier molecular flexibility index (Phi) is 2.06. The van der Waals surface area contributed by atoms with Gasteiger partial charge in [0.1, 0.15) is 0 Å². The summed E-state index contributed by atoms with van der Waals surface area (Å²) in [5.41, 5.74) is 1.66. The van der Waals surface area contributed by atoms with Crippen molar-refractivity contribution in [1.82, 2.24) is 5.32 Å². The summed E-state index contributed by atoms with van der Waals surface area (Å²) in [5.74, 6) is 2.41. The Bertz CT molecular complexity index is 311. The number of hydrogen-bond donors (Lipinski definition) is 1. The zero-order valence-electron chi connectivity index (χ0n) is 8.45. The normalized spacial score (nSPS) is 40.0. The molecule has 74 valence electrons. The van der Waals surface area contributed by atoms with E-state index in [1.807, 2.05) is 0 Å². The molecule has 0 aromatic rings. The third kappa shape index (κ3) is 1.27. The summed E-state index contributed by atoms with van der Waals surface area (Å²) >= 11 is 0. The van der Waals surface area contributed by atoms with Crippen LogP contribution in [0.4, 0.5) is 0 Å². The fraction of sp³-hybridized carbons (Fsp3) is 0.538. The zero-order valence-corrected chi connectivity index (χ0v) is 8.45. The van der Waals surface area contributed by atoms with Gasteiger partial charge >= 0.3 is 0 Å². The second-order valence-corrected chi connectivity index (χ2v) is 4.60. The van der Waals surface area contributed by atoms with E-state index in [1.165, 1.54) is 19.4 Å². The van der Waals surface area contributed by atoms with Crippen molar-refractivity contribution in [2.45, 2.75) is 12.8 Å². The summed E-state index contributed by atoms with van der Waals surface area (Å²) in [4.78, 5) is 0. The highest BCUT2D eigenvalue weighted by atomic mass is 14.9. The molecular formula is C13H17N. The third-order valence-corrected chi connectivity index (χ3v) is 3.85. The van der Waals surface area contributed by atoms with Gasteiger partial charge in [0.25, 0.3) is 0 Å². The van der Waals surface area contributed by atoms with E-state index in [9.17, 15) is 0 Å². The lowest BCUT2D eigenvalue weighted by molar-refractivity contribution is 0.291. The van der Waals surface area contributed by atoms with Crippen molar-refractivity contribution in [2.24, 2.45) is 17.8 Å². The smallest absolute Gasteiger partial charge is 0.0167 e. The molecule has 0 saturated carbocycles. The fourth-order valence-electron chi connectivity index (χ4n) is 3.10.